The highest BCUT2D eigenvalue weighted by Gasteiger charge is 1.99. The SMILES string of the molecule is CC(N)c1ccc(CO)cn1. The molecule has 1 aromatic rings. The summed E-state index contributed by atoms with van der Waals surface area (Å²) in [6, 6.07) is 3.62. The van der Waals surface area contributed by atoms with Crippen LogP contribution in [0.4, 0.5) is 0 Å². The van der Waals surface area contributed by atoms with Gasteiger partial charge in [0.2, 0.25) is 0 Å². The minimum Gasteiger partial charge on any atom is -0.392 e. The van der Waals surface area contributed by atoms with Gasteiger partial charge in [-0.1, -0.05) is 6.07 Å². The van der Waals surface area contributed by atoms with Gasteiger partial charge in [0.15, 0.2) is 0 Å². The lowest BCUT2D eigenvalue weighted by molar-refractivity contribution is 0.281. The van der Waals surface area contributed by atoms with Crippen molar-refractivity contribution in [3.63, 3.8) is 0 Å². The molecule has 1 unspecified atom stereocenters. The van der Waals surface area contributed by atoms with E-state index in [9.17, 15) is 0 Å². The summed E-state index contributed by atoms with van der Waals surface area (Å²) in [5.41, 5.74) is 7.24. The molecule has 0 aliphatic rings. The summed E-state index contributed by atoms with van der Waals surface area (Å²) < 4.78 is 0. The minimum atomic E-state index is -0.0391. The van der Waals surface area contributed by atoms with Crippen LogP contribution >= 0.6 is 0 Å². The molecule has 3 nitrogen and oxygen atoms in total. The molecule has 11 heavy (non-hydrogen) atoms. The van der Waals surface area contributed by atoms with Gasteiger partial charge in [-0.2, -0.15) is 0 Å². The molecule has 0 spiro atoms. The van der Waals surface area contributed by atoms with Crippen molar-refractivity contribution in [1.82, 2.24) is 4.98 Å². The quantitative estimate of drug-likeness (QED) is 0.652. The molecule has 0 amide bonds. The first-order valence-corrected chi connectivity index (χ1v) is 3.55. The van der Waals surface area contributed by atoms with Gasteiger partial charge in [-0.05, 0) is 18.6 Å². The van der Waals surface area contributed by atoms with Crippen molar-refractivity contribution in [3.8, 4) is 0 Å². The predicted octanol–water partition coefficient (Wildman–Crippen LogP) is 0.594. The van der Waals surface area contributed by atoms with Crippen molar-refractivity contribution >= 4 is 0 Å². The summed E-state index contributed by atoms with van der Waals surface area (Å²) in [6.45, 7) is 1.91. The van der Waals surface area contributed by atoms with Crippen LogP contribution in [0.2, 0.25) is 0 Å². The summed E-state index contributed by atoms with van der Waals surface area (Å²) in [5.74, 6) is 0. The Morgan fingerprint density at radius 3 is 2.73 bits per heavy atom. The number of pyridine rings is 1. The van der Waals surface area contributed by atoms with E-state index in [2.05, 4.69) is 4.98 Å². The van der Waals surface area contributed by atoms with Gasteiger partial charge < -0.3 is 10.8 Å². The molecule has 0 radical (unpaired) electrons. The predicted molar refractivity (Wildman–Crippen MR) is 42.8 cm³/mol. The first-order valence-electron chi connectivity index (χ1n) is 3.55. The number of hydrogen-bond donors (Lipinski definition) is 2. The summed E-state index contributed by atoms with van der Waals surface area (Å²) in [4.78, 5) is 4.06. The number of rotatable bonds is 2. The van der Waals surface area contributed by atoms with E-state index < -0.39 is 0 Å². The van der Waals surface area contributed by atoms with Gasteiger partial charge in [-0.3, -0.25) is 4.98 Å². The van der Waals surface area contributed by atoms with Gasteiger partial charge in [0.1, 0.15) is 0 Å². The van der Waals surface area contributed by atoms with Crippen LogP contribution in [0.25, 0.3) is 0 Å². The zero-order valence-electron chi connectivity index (χ0n) is 6.49. The normalized spacial score (nSPS) is 13.0. The molecule has 1 atom stereocenters. The van der Waals surface area contributed by atoms with E-state index in [-0.39, 0.29) is 12.6 Å². The van der Waals surface area contributed by atoms with Gasteiger partial charge in [0, 0.05) is 12.2 Å². The first kappa shape index (κ1) is 8.17. The van der Waals surface area contributed by atoms with E-state index in [1.807, 2.05) is 19.1 Å². The molecule has 0 saturated carbocycles. The Morgan fingerprint density at radius 2 is 2.36 bits per heavy atom. The average molecular weight is 152 g/mol. The smallest absolute Gasteiger partial charge is 0.0696 e. The molecular formula is C8H12N2O. The van der Waals surface area contributed by atoms with Crippen LogP contribution < -0.4 is 5.73 Å². The van der Waals surface area contributed by atoms with Crippen molar-refractivity contribution in [2.45, 2.75) is 19.6 Å². The molecule has 0 bridgehead atoms. The maximum Gasteiger partial charge on any atom is 0.0696 e. The van der Waals surface area contributed by atoms with Crippen LogP contribution in [-0.2, 0) is 6.61 Å². The van der Waals surface area contributed by atoms with Crippen molar-refractivity contribution in [1.29, 1.82) is 0 Å². The molecule has 0 aromatic carbocycles. The Bertz CT molecular complexity index is 218. The largest absolute Gasteiger partial charge is 0.392 e. The molecule has 0 aliphatic heterocycles. The summed E-state index contributed by atoms with van der Waals surface area (Å²) in [6.07, 6.45) is 1.64. The van der Waals surface area contributed by atoms with E-state index in [1.165, 1.54) is 0 Å². The third-order valence-electron chi connectivity index (χ3n) is 1.50. The van der Waals surface area contributed by atoms with Gasteiger partial charge in [-0.25, -0.2) is 0 Å². The first-order chi connectivity index (χ1) is 5.24. The third-order valence-corrected chi connectivity index (χ3v) is 1.50. The number of aromatic nitrogens is 1. The Balaban J connectivity index is 2.83. The number of aliphatic hydroxyl groups is 1. The average Bonchev–Trinajstić information content (AvgIpc) is 2.05. The van der Waals surface area contributed by atoms with Crippen LogP contribution in [0, 0.1) is 0 Å². The molecule has 1 heterocycles. The van der Waals surface area contributed by atoms with Crippen LogP contribution in [0.3, 0.4) is 0 Å². The van der Waals surface area contributed by atoms with Crippen molar-refractivity contribution in [2.24, 2.45) is 5.73 Å². The lowest BCUT2D eigenvalue weighted by atomic mass is 10.2. The van der Waals surface area contributed by atoms with E-state index in [0.29, 0.717) is 0 Å². The lowest BCUT2D eigenvalue weighted by Gasteiger charge is -2.03. The number of hydrogen-bond acceptors (Lipinski definition) is 3. The third kappa shape index (κ3) is 2.00. The highest BCUT2D eigenvalue weighted by Crippen LogP contribution is 2.06. The van der Waals surface area contributed by atoms with Crippen LogP contribution in [0.1, 0.15) is 24.2 Å². The number of nitrogens with two attached hydrogens (primary N) is 1. The standard InChI is InChI=1S/C8H12N2O/c1-6(9)8-3-2-7(5-11)4-10-8/h2-4,6,11H,5,9H2,1H3. The molecule has 0 aliphatic carbocycles. The van der Waals surface area contributed by atoms with E-state index >= 15 is 0 Å². The molecule has 60 valence electrons. The fourth-order valence-corrected chi connectivity index (χ4v) is 0.799. The van der Waals surface area contributed by atoms with E-state index in [1.54, 1.807) is 6.20 Å². The molecule has 0 saturated heterocycles. The fourth-order valence-electron chi connectivity index (χ4n) is 0.799. The van der Waals surface area contributed by atoms with E-state index in [0.717, 1.165) is 11.3 Å². The van der Waals surface area contributed by atoms with Gasteiger partial charge in [0.25, 0.3) is 0 Å². The second-order valence-electron chi connectivity index (χ2n) is 2.54. The van der Waals surface area contributed by atoms with E-state index in [4.69, 9.17) is 10.8 Å². The highest BCUT2D eigenvalue weighted by atomic mass is 16.3. The van der Waals surface area contributed by atoms with Crippen LogP contribution in [-0.4, -0.2) is 10.1 Å². The molecule has 3 heteroatoms. The topological polar surface area (TPSA) is 59.1 Å². The van der Waals surface area contributed by atoms with Gasteiger partial charge >= 0.3 is 0 Å². The summed E-state index contributed by atoms with van der Waals surface area (Å²) in [7, 11) is 0. The second kappa shape index (κ2) is 3.46. The van der Waals surface area contributed by atoms with Gasteiger partial charge in [0.05, 0.1) is 12.3 Å². The van der Waals surface area contributed by atoms with Crippen LogP contribution in [0.5, 0.6) is 0 Å². The molecular weight excluding hydrogens is 140 g/mol. The maximum atomic E-state index is 8.70. The summed E-state index contributed by atoms with van der Waals surface area (Å²) in [5, 5.41) is 8.70. The zero-order chi connectivity index (χ0) is 8.27. The Labute approximate surface area is 65.9 Å². The second-order valence-corrected chi connectivity index (χ2v) is 2.54. The molecule has 1 aromatic heterocycles. The number of nitrogens with zero attached hydrogens (tertiary/aromatic N) is 1. The highest BCUT2D eigenvalue weighted by molar-refractivity contribution is 5.14. The Morgan fingerprint density at radius 1 is 1.64 bits per heavy atom. The Hall–Kier alpha value is -0.930. The monoisotopic (exact) mass is 152 g/mol. The zero-order valence-corrected chi connectivity index (χ0v) is 6.49. The maximum absolute atomic E-state index is 8.70. The lowest BCUT2D eigenvalue weighted by Crippen LogP contribution is -2.07. The Kier molecular flexibility index (Phi) is 2.57. The molecule has 3 N–H and O–H groups in total. The fraction of sp³-hybridized carbons (Fsp3) is 0.375. The van der Waals surface area contributed by atoms with Crippen molar-refractivity contribution in [3.05, 3.63) is 29.6 Å². The molecule has 0 fully saturated rings. The van der Waals surface area contributed by atoms with Crippen LogP contribution in [0.15, 0.2) is 18.3 Å². The van der Waals surface area contributed by atoms with Gasteiger partial charge in [-0.15, -0.1) is 0 Å². The minimum absolute atomic E-state index is 0.0340. The molecule has 1 rings (SSSR count). The number of aliphatic hydroxyl groups excluding tert-OH is 1. The van der Waals surface area contributed by atoms with Crippen molar-refractivity contribution in [2.75, 3.05) is 0 Å². The van der Waals surface area contributed by atoms with Crippen molar-refractivity contribution < 1.29 is 5.11 Å². The summed E-state index contributed by atoms with van der Waals surface area (Å²) >= 11 is 0.